The Kier molecular flexibility index (Phi) is 9.95. The van der Waals surface area contributed by atoms with Crippen LogP contribution in [-0.2, 0) is 20.8 Å². The van der Waals surface area contributed by atoms with Crippen molar-refractivity contribution in [3.8, 4) is 0 Å². The fourth-order valence-electron chi connectivity index (χ4n) is 6.29. The number of carbonyl (C=O) groups is 4. The van der Waals surface area contributed by atoms with Crippen LogP contribution in [0.25, 0.3) is 0 Å². The van der Waals surface area contributed by atoms with Crippen molar-refractivity contribution in [3.63, 3.8) is 0 Å². The lowest BCUT2D eigenvalue weighted by Crippen LogP contribution is -2.54. The van der Waals surface area contributed by atoms with Crippen molar-refractivity contribution in [3.05, 3.63) is 35.4 Å². The molecule has 1 aliphatic heterocycles. The van der Waals surface area contributed by atoms with E-state index in [0.29, 0.717) is 12.0 Å². The summed E-state index contributed by atoms with van der Waals surface area (Å²) in [6, 6.07) is 6.40. The minimum absolute atomic E-state index is 0.0131. The molecule has 2 aliphatic carbocycles. The number of carbonyl (C=O) groups excluding carboxylic acids is 4. The molecule has 2 saturated carbocycles. The van der Waals surface area contributed by atoms with E-state index in [1.54, 1.807) is 0 Å². The standard InChI is InChI=1S/C29H42N6O4/c30-26(31)22-13-11-19(12-14-22)17-23(20-7-3-1-4-8-20)27(37)34-25(21-9-5-2-6-10-21)28(38)32-15-16-35-24(36)18-33-29(35)39/h11-14,20-21,23,25H,1-10,15-18H2,(H3,30,31)(H,32,38)(H,33,39)(H,34,37)/t23?,25-/m0/s1. The normalized spacial score (nSPS) is 20.3. The highest BCUT2D eigenvalue weighted by Crippen LogP contribution is 2.33. The average molecular weight is 539 g/mol. The Morgan fingerprint density at radius 2 is 1.56 bits per heavy atom. The van der Waals surface area contributed by atoms with Crippen LogP contribution >= 0.6 is 0 Å². The van der Waals surface area contributed by atoms with Crippen LogP contribution in [0.4, 0.5) is 4.79 Å². The van der Waals surface area contributed by atoms with Crippen LogP contribution in [0, 0.1) is 23.2 Å². The van der Waals surface area contributed by atoms with Gasteiger partial charge in [-0.25, -0.2) is 4.79 Å². The number of hydrogen-bond acceptors (Lipinski definition) is 5. The summed E-state index contributed by atoms with van der Waals surface area (Å²) >= 11 is 0. The van der Waals surface area contributed by atoms with E-state index in [2.05, 4.69) is 16.0 Å². The first-order chi connectivity index (χ1) is 18.8. The topological polar surface area (TPSA) is 157 Å². The molecule has 39 heavy (non-hydrogen) atoms. The van der Waals surface area contributed by atoms with Gasteiger partial charge in [0.1, 0.15) is 11.9 Å². The molecule has 0 radical (unpaired) electrons. The molecule has 5 amide bonds. The van der Waals surface area contributed by atoms with Crippen molar-refractivity contribution >= 4 is 29.6 Å². The lowest BCUT2D eigenvalue weighted by molar-refractivity contribution is -0.134. The van der Waals surface area contributed by atoms with E-state index >= 15 is 0 Å². The number of imide groups is 1. The number of benzene rings is 1. The number of hydrogen-bond donors (Lipinski definition) is 5. The van der Waals surface area contributed by atoms with Crippen LogP contribution in [0.3, 0.4) is 0 Å². The van der Waals surface area contributed by atoms with Gasteiger partial charge in [0.25, 0.3) is 0 Å². The zero-order valence-electron chi connectivity index (χ0n) is 22.7. The zero-order valence-corrected chi connectivity index (χ0v) is 22.7. The van der Waals surface area contributed by atoms with Crippen LogP contribution < -0.4 is 21.7 Å². The minimum Gasteiger partial charge on any atom is -0.384 e. The van der Waals surface area contributed by atoms with Gasteiger partial charge < -0.3 is 21.7 Å². The van der Waals surface area contributed by atoms with Crippen molar-refractivity contribution in [2.24, 2.45) is 23.5 Å². The van der Waals surface area contributed by atoms with Gasteiger partial charge in [-0.15, -0.1) is 0 Å². The highest BCUT2D eigenvalue weighted by Gasteiger charge is 2.36. The number of nitrogens with one attached hydrogen (secondary N) is 4. The number of nitrogens with two attached hydrogens (primary N) is 1. The van der Waals surface area contributed by atoms with E-state index in [0.717, 1.165) is 68.3 Å². The number of nitrogens with zero attached hydrogens (tertiary/aromatic N) is 1. The van der Waals surface area contributed by atoms with Crippen LogP contribution in [0.1, 0.15) is 75.3 Å². The average Bonchev–Trinajstić information content (AvgIpc) is 3.28. The molecule has 10 nitrogen and oxygen atoms in total. The molecule has 1 heterocycles. The highest BCUT2D eigenvalue weighted by atomic mass is 16.2. The third-order valence-electron chi connectivity index (χ3n) is 8.55. The molecular formula is C29H42N6O4. The second kappa shape index (κ2) is 13.6. The molecule has 2 atom stereocenters. The number of amides is 5. The van der Waals surface area contributed by atoms with E-state index in [-0.39, 0.29) is 60.9 Å². The smallest absolute Gasteiger partial charge is 0.324 e. The Morgan fingerprint density at radius 3 is 2.13 bits per heavy atom. The fraction of sp³-hybridized carbons (Fsp3) is 0.621. The summed E-state index contributed by atoms with van der Waals surface area (Å²) in [5.41, 5.74) is 7.27. The SMILES string of the molecule is N=C(N)c1ccc(CC(C(=O)N[C@H](C(=O)NCCN2C(=O)CNC2=O)C2CCCCC2)C2CCCCC2)cc1. The summed E-state index contributed by atoms with van der Waals surface area (Å²) in [6.45, 7) is 0.224. The predicted molar refractivity (Wildman–Crippen MR) is 148 cm³/mol. The molecule has 0 aromatic heterocycles. The first kappa shape index (κ1) is 28.6. The Balaban J connectivity index is 1.46. The van der Waals surface area contributed by atoms with E-state index in [9.17, 15) is 19.2 Å². The molecule has 6 N–H and O–H groups in total. The van der Waals surface area contributed by atoms with E-state index in [4.69, 9.17) is 11.1 Å². The third kappa shape index (κ3) is 7.58. The lowest BCUT2D eigenvalue weighted by Gasteiger charge is -2.34. The Labute approximate surface area is 230 Å². The minimum atomic E-state index is -0.646. The summed E-state index contributed by atoms with van der Waals surface area (Å²) in [5.74, 6) is -0.578. The van der Waals surface area contributed by atoms with Crippen molar-refractivity contribution in [2.75, 3.05) is 19.6 Å². The molecule has 3 fully saturated rings. The molecular weight excluding hydrogens is 496 g/mol. The summed E-state index contributed by atoms with van der Waals surface area (Å²) in [5, 5.41) is 16.2. The first-order valence-corrected chi connectivity index (χ1v) is 14.4. The second-order valence-electron chi connectivity index (χ2n) is 11.2. The maximum Gasteiger partial charge on any atom is 0.324 e. The van der Waals surface area contributed by atoms with Crippen molar-refractivity contribution < 1.29 is 19.2 Å². The monoisotopic (exact) mass is 538 g/mol. The lowest BCUT2D eigenvalue weighted by atomic mass is 9.76. The summed E-state index contributed by atoms with van der Waals surface area (Å²) < 4.78 is 0. The van der Waals surface area contributed by atoms with Gasteiger partial charge in [0, 0.05) is 24.6 Å². The Bertz CT molecular complexity index is 1030. The largest absolute Gasteiger partial charge is 0.384 e. The fourth-order valence-corrected chi connectivity index (χ4v) is 6.29. The highest BCUT2D eigenvalue weighted by molar-refractivity contribution is 6.02. The molecule has 1 saturated heterocycles. The van der Waals surface area contributed by atoms with Gasteiger partial charge in [-0.05, 0) is 49.5 Å². The Hall–Kier alpha value is -3.43. The summed E-state index contributed by atoms with van der Waals surface area (Å²) in [4.78, 5) is 52.1. The zero-order chi connectivity index (χ0) is 27.8. The summed E-state index contributed by atoms with van der Waals surface area (Å²) in [6.07, 6.45) is 10.9. The van der Waals surface area contributed by atoms with Crippen molar-refractivity contribution in [1.82, 2.24) is 20.9 Å². The number of amidine groups is 1. The van der Waals surface area contributed by atoms with Gasteiger partial charge in [0.2, 0.25) is 17.7 Å². The molecule has 0 bridgehead atoms. The molecule has 212 valence electrons. The maximum absolute atomic E-state index is 13.9. The Morgan fingerprint density at radius 1 is 0.949 bits per heavy atom. The van der Waals surface area contributed by atoms with Gasteiger partial charge in [-0.1, -0.05) is 62.8 Å². The molecule has 4 rings (SSSR count). The van der Waals surface area contributed by atoms with Gasteiger partial charge in [-0.2, -0.15) is 0 Å². The predicted octanol–water partition coefficient (Wildman–Crippen LogP) is 2.44. The number of nitrogen functional groups attached to an aromatic ring is 1. The van der Waals surface area contributed by atoms with Crippen molar-refractivity contribution in [1.29, 1.82) is 5.41 Å². The van der Waals surface area contributed by atoms with Gasteiger partial charge in [0.05, 0.1) is 6.54 Å². The molecule has 0 spiro atoms. The first-order valence-electron chi connectivity index (χ1n) is 14.4. The van der Waals surface area contributed by atoms with Crippen LogP contribution in [0.15, 0.2) is 24.3 Å². The van der Waals surface area contributed by atoms with E-state index in [1.807, 2.05) is 24.3 Å². The van der Waals surface area contributed by atoms with Crippen LogP contribution in [0.5, 0.6) is 0 Å². The maximum atomic E-state index is 13.9. The number of urea groups is 1. The summed E-state index contributed by atoms with van der Waals surface area (Å²) in [7, 11) is 0. The molecule has 1 aromatic rings. The second-order valence-corrected chi connectivity index (χ2v) is 11.2. The van der Waals surface area contributed by atoms with Crippen molar-refractivity contribution in [2.45, 2.75) is 76.7 Å². The van der Waals surface area contributed by atoms with E-state index < -0.39 is 12.1 Å². The molecule has 3 aliphatic rings. The van der Waals surface area contributed by atoms with Gasteiger partial charge in [0.15, 0.2) is 0 Å². The van der Waals surface area contributed by atoms with E-state index in [1.165, 1.54) is 6.42 Å². The quantitative estimate of drug-likeness (QED) is 0.166. The number of rotatable bonds is 11. The van der Waals surface area contributed by atoms with Crippen LogP contribution in [-0.4, -0.2) is 60.2 Å². The molecule has 1 unspecified atom stereocenters. The third-order valence-corrected chi connectivity index (χ3v) is 8.55. The van der Waals surface area contributed by atoms with Gasteiger partial charge >= 0.3 is 6.03 Å². The van der Waals surface area contributed by atoms with Crippen LogP contribution in [0.2, 0.25) is 0 Å². The molecule has 10 heteroatoms. The molecule has 1 aromatic carbocycles. The van der Waals surface area contributed by atoms with Gasteiger partial charge in [-0.3, -0.25) is 24.7 Å².